The molecule has 1 fully saturated rings. The van der Waals surface area contributed by atoms with Gasteiger partial charge in [0, 0.05) is 38.4 Å². The monoisotopic (exact) mass is 461 g/mol. The van der Waals surface area contributed by atoms with Crippen LogP contribution in [-0.4, -0.2) is 70.8 Å². The highest BCUT2D eigenvalue weighted by atomic mass is 32.2. The van der Waals surface area contributed by atoms with Crippen molar-refractivity contribution in [3.05, 3.63) is 54.1 Å². The summed E-state index contributed by atoms with van der Waals surface area (Å²) in [6.45, 7) is 4.32. The fourth-order valence-corrected chi connectivity index (χ4v) is 5.02. The summed E-state index contributed by atoms with van der Waals surface area (Å²) in [7, 11) is -1.73. The first-order valence-corrected chi connectivity index (χ1v) is 12.3. The maximum Gasteiger partial charge on any atom is 0.257 e. The summed E-state index contributed by atoms with van der Waals surface area (Å²) in [6, 6.07) is 15.2. The molecule has 0 spiro atoms. The summed E-state index contributed by atoms with van der Waals surface area (Å²) in [6.07, 6.45) is 0.358. The molecule has 0 atom stereocenters. The number of rotatable bonds is 10. The highest BCUT2D eigenvalue weighted by Gasteiger charge is 2.26. The molecule has 0 unspecified atom stereocenters. The summed E-state index contributed by atoms with van der Waals surface area (Å²) in [5.74, 6) is 1.17. The fourth-order valence-electron chi connectivity index (χ4n) is 3.53. The predicted molar refractivity (Wildman–Crippen MR) is 125 cm³/mol. The number of amides is 1. The second-order valence-electron chi connectivity index (χ2n) is 7.71. The molecule has 32 heavy (non-hydrogen) atoms. The van der Waals surface area contributed by atoms with Gasteiger partial charge in [-0.05, 0) is 55.3 Å². The summed E-state index contributed by atoms with van der Waals surface area (Å²) >= 11 is 0. The van der Waals surface area contributed by atoms with Gasteiger partial charge in [-0.2, -0.15) is 4.31 Å². The van der Waals surface area contributed by atoms with Crippen LogP contribution in [0.25, 0.3) is 0 Å². The van der Waals surface area contributed by atoms with Gasteiger partial charge in [-0.1, -0.05) is 12.1 Å². The van der Waals surface area contributed by atoms with Crippen molar-refractivity contribution in [2.45, 2.75) is 13.3 Å². The molecule has 0 aromatic heterocycles. The van der Waals surface area contributed by atoms with E-state index in [1.807, 2.05) is 49.4 Å². The molecule has 0 saturated carbocycles. The Bertz CT molecular complexity index is 987. The number of benzene rings is 2. The number of ether oxygens (including phenoxy) is 2. The third-order valence-electron chi connectivity index (χ3n) is 5.33. The van der Waals surface area contributed by atoms with Gasteiger partial charge in [0.05, 0.1) is 12.9 Å². The second kappa shape index (κ2) is 11.2. The van der Waals surface area contributed by atoms with Gasteiger partial charge in [-0.3, -0.25) is 4.79 Å². The van der Waals surface area contributed by atoms with Gasteiger partial charge in [0.2, 0.25) is 10.0 Å². The van der Waals surface area contributed by atoms with Crippen LogP contribution in [0.3, 0.4) is 0 Å². The van der Waals surface area contributed by atoms with Crippen molar-refractivity contribution < 1.29 is 22.7 Å². The summed E-state index contributed by atoms with van der Waals surface area (Å²) in [5, 5.41) is 2.72. The number of hydrogen-bond donors (Lipinski definition) is 1. The lowest BCUT2D eigenvalue weighted by Gasteiger charge is -2.35. The van der Waals surface area contributed by atoms with E-state index in [9.17, 15) is 13.2 Å². The third kappa shape index (κ3) is 6.86. The molecule has 1 aliphatic heterocycles. The number of sulfonamides is 1. The Morgan fingerprint density at radius 2 is 1.75 bits per heavy atom. The molecule has 0 aliphatic carbocycles. The molecule has 1 heterocycles. The van der Waals surface area contributed by atoms with Gasteiger partial charge in [-0.25, -0.2) is 8.42 Å². The number of anilines is 1. The largest absolute Gasteiger partial charge is 0.497 e. The molecule has 3 rings (SSSR count). The number of carbonyl (C=O) groups excluding carboxylic acids is 1. The summed E-state index contributed by atoms with van der Waals surface area (Å²) < 4.78 is 37.5. The van der Waals surface area contributed by atoms with Crippen LogP contribution in [0.1, 0.15) is 12.0 Å². The molecule has 2 aromatic rings. The maximum absolute atomic E-state index is 12.7. The zero-order valence-corrected chi connectivity index (χ0v) is 19.4. The van der Waals surface area contributed by atoms with Crippen molar-refractivity contribution >= 4 is 21.6 Å². The van der Waals surface area contributed by atoms with Gasteiger partial charge >= 0.3 is 0 Å². The first-order valence-electron chi connectivity index (χ1n) is 10.7. The van der Waals surface area contributed by atoms with Crippen LogP contribution in [0.5, 0.6) is 11.5 Å². The van der Waals surface area contributed by atoms with Crippen LogP contribution in [0.4, 0.5) is 5.69 Å². The van der Waals surface area contributed by atoms with Crippen LogP contribution < -0.4 is 19.7 Å². The topological polar surface area (TPSA) is 88.2 Å². The maximum atomic E-state index is 12.7. The van der Waals surface area contributed by atoms with Gasteiger partial charge in [0.15, 0.2) is 6.61 Å². The second-order valence-corrected chi connectivity index (χ2v) is 9.80. The van der Waals surface area contributed by atoms with Crippen molar-refractivity contribution in [2.24, 2.45) is 0 Å². The molecule has 1 N–H and O–H groups in total. The van der Waals surface area contributed by atoms with Crippen LogP contribution >= 0.6 is 0 Å². The first kappa shape index (κ1) is 23.9. The van der Waals surface area contributed by atoms with E-state index in [4.69, 9.17) is 9.47 Å². The normalized spacial score (nSPS) is 14.8. The van der Waals surface area contributed by atoms with Crippen LogP contribution in [0.15, 0.2) is 48.5 Å². The van der Waals surface area contributed by atoms with Gasteiger partial charge in [0.1, 0.15) is 11.5 Å². The lowest BCUT2D eigenvalue weighted by molar-refractivity contribution is -0.123. The van der Waals surface area contributed by atoms with Crippen molar-refractivity contribution in [2.75, 3.05) is 57.1 Å². The van der Waals surface area contributed by atoms with Gasteiger partial charge in [-0.15, -0.1) is 0 Å². The molecular formula is C23H31N3O5S. The molecule has 1 amide bonds. The quantitative estimate of drug-likeness (QED) is 0.545. The minimum atomic E-state index is -3.35. The average Bonchev–Trinajstić information content (AvgIpc) is 2.81. The van der Waals surface area contributed by atoms with Crippen molar-refractivity contribution in [1.29, 1.82) is 0 Å². The Morgan fingerprint density at radius 1 is 1.03 bits per heavy atom. The number of methoxy groups -OCH3 is 1. The minimum absolute atomic E-state index is 0.00849. The average molecular weight is 462 g/mol. The number of piperazine rings is 1. The standard InChI is InChI=1S/C23H31N3O5S/c1-19-5-3-6-22(17-19)31-18-23(27)24-11-4-16-32(28,29)26-14-12-25(13-15-26)20-7-9-21(30-2)10-8-20/h3,5-10,17H,4,11-16,18H2,1-2H3,(H,24,27). The number of nitrogens with one attached hydrogen (secondary N) is 1. The van der Waals surface area contributed by atoms with Crippen molar-refractivity contribution in [1.82, 2.24) is 9.62 Å². The third-order valence-corrected chi connectivity index (χ3v) is 7.29. The minimum Gasteiger partial charge on any atom is -0.497 e. The molecule has 0 radical (unpaired) electrons. The Morgan fingerprint density at radius 3 is 2.41 bits per heavy atom. The highest BCUT2D eigenvalue weighted by molar-refractivity contribution is 7.89. The number of hydrogen-bond acceptors (Lipinski definition) is 6. The Balaban J connectivity index is 1.35. The highest BCUT2D eigenvalue weighted by Crippen LogP contribution is 2.21. The molecule has 174 valence electrons. The Hall–Kier alpha value is -2.78. The van der Waals surface area contributed by atoms with Gasteiger partial charge in [0.25, 0.3) is 5.91 Å². The van der Waals surface area contributed by atoms with Crippen molar-refractivity contribution in [3.8, 4) is 11.5 Å². The van der Waals surface area contributed by atoms with Crippen LogP contribution in [-0.2, 0) is 14.8 Å². The van der Waals surface area contributed by atoms with Crippen molar-refractivity contribution in [3.63, 3.8) is 0 Å². The number of carbonyl (C=O) groups is 1. The smallest absolute Gasteiger partial charge is 0.257 e. The fraction of sp³-hybridized carbons (Fsp3) is 0.435. The van der Waals surface area contributed by atoms with Crippen LogP contribution in [0.2, 0.25) is 0 Å². The number of aryl methyl sites for hydroxylation is 1. The molecule has 1 aliphatic rings. The summed E-state index contributed by atoms with van der Waals surface area (Å²) in [4.78, 5) is 14.1. The zero-order chi connectivity index (χ0) is 23.0. The predicted octanol–water partition coefficient (Wildman–Crippen LogP) is 2.04. The Kier molecular flexibility index (Phi) is 8.35. The lowest BCUT2D eigenvalue weighted by atomic mass is 10.2. The first-order chi connectivity index (χ1) is 15.4. The summed E-state index contributed by atoms with van der Waals surface area (Å²) in [5.41, 5.74) is 2.11. The zero-order valence-electron chi connectivity index (χ0n) is 18.6. The lowest BCUT2D eigenvalue weighted by Crippen LogP contribution is -2.49. The number of nitrogens with zero attached hydrogens (tertiary/aromatic N) is 2. The van der Waals surface area contributed by atoms with E-state index in [0.29, 0.717) is 44.9 Å². The molecule has 1 saturated heterocycles. The van der Waals surface area contributed by atoms with Crippen LogP contribution in [0, 0.1) is 6.92 Å². The molecule has 8 nitrogen and oxygen atoms in total. The van der Waals surface area contributed by atoms with E-state index in [0.717, 1.165) is 17.0 Å². The van der Waals surface area contributed by atoms with E-state index in [2.05, 4.69) is 10.2 Å². The molecule has 9 heteroatoms. The van der Waals surface area contributed by atoms with E-state index in [-0.39, 0.29) is 18.3 Å². The van der Waals surface area contributed by atoms with Gasteiger partial charge < -0.3 is 19.7 Å². The molecule has 0 bridgehead atoms. The SMILES string of the molecule is COc1ccc(N2CCN(S(=O)(=O)CCCNC(=O)COc3cccc(C)c3)CC2)cc1. The molecule has 2 aromatic carbocycles. The Labute approximate surface area is 190 Å². The van der Waals surface area contributed by atoms with E-state index in [1.54, 1.807) is 13.2 Å². The molecular weight excluding hydrogens is 430 g/mol. The van der Waals surface area contributed by atoms with E-state index >= 15 is 0 Å². The van der Waals surface area contributed by atoms with E-state index in [1.165, 1.54) is 4.31 Å². The van der Waals surface area contributed by atoms with E-state index < -0.39 is 10.0 Å².